The van der Waals surface area contributed by atoms with E-state index in [1.807, 2.05) is 52.0 Å². The summed E-state index contributed by atoms with van der Waals surface area (Å²) < 4.78 is 12.5. The van der Waals surface area contributed by atoms with Gasteiger partial charge >= 0.3 is 5.69 Å². The van der Waals surface area contributed by atoms with Crippen molar-refractivity contribution < 1.29 is 19.2 Å². The summed E-state index contributed by atoms with van der Waals surface area (Å²) in [5.41, 5.74) is 3.39. The summed E-state index contributed by atoms with van der Waals surface area (Å²) in [6, 6.07) is 20.4. The lowest BCUT2D eigenvalue weighted by Gasteiger charge is -2.17. The molecule has 0 aliphatic heterocycles. The molecule has 0 fully saturated rings. The fraction of sp³-hybridized carbons (Fsp3) is 0.200. The number of nitrogens with one attached hydrogen (secondary N) is 1. The van der Waals surface area contributed by atoms with Gasteiger partial charge in [0.1, 0.15) is 5.75 Å². The van der Waals surface area contributed by atoms with E-state index in [9.17, 15) is 19.7 Å². The van der Waals surface area contributed by atoms with Gasteiger partial charge in [0.15, 0.2) is 12.4 Å². The average molecular weight is 654 g/mol. The van der Waals surface area contributed by atoms with Crippen molar-refractivity contribution in [1.29, 1.82) is 0 Å². The fourth-order valence-electron chi connectivity index (χ4n) is 5.12. The summed E-state index contributed by atoms with van der Waals surface area (Å²) in [5.74, 6) is 0.291. The Balaban J connectivity index is 1.62. The molecule has 0 aliphatic rings. The van der Waals surface area contributed by atoms with E-state index in [0.717, 1.165) is 27.4 Å². The number of carbonyl (C=O) groups excluding carboxylic acids is 1. The van der Waals surface area contributed by atoms with Crippen molar-refractivity contribution in [3.63, 3.8) is 0 Å². The minimum Gasteiger partial charge on any atom is -0.496 e. The number of ether oxygens (including phenoxy) is 2. The molecule has 1 heterocycles. The summed E-state index contributed by atoms with van der Waals surface area (Å²) in [7, 11) is 1.60. The molecular formula is C35H32ClN5O6. The molecular weight excluding hydrogens is 622 g/mol. The number of aryl methyl sites for hydroxylation is 2. The first-order chi connectivity index (χ1) is 22.5. The zero-order valence-corrected chi connectivity index (χ0v) is 27.2. The number of rotatable bonds is 10. The molecule has 0 saturated carbocycles. The molecule has 1 amide bonds. The smallest absolute Gasteiger partial charge is 0.313 e. The highest BCUT2D eigenvalue weighted by Gasteiger charge is 2.23. The SMILES string of the molecule is COc1cc(C)c(-c2nc3ccccc3c(=O)n2N=Cc2cc(Cl)cc([N+](=O)[O-])c2OCC(=O)Nc2ccccc2C)cc1C(C)C. The van der Waals surface area contributed by atoms with Crippen LogP contribution in [-0.4, -0.2) is 40.4 Å². The molecule has 0 radical (unpaired) electrons. The Kier molecular flexibility index (Phi) is 9.67. The maximum absolute atomic E-state index is 13.9. The molecule has 0 unspecified atom stereocenters. The first kappa shape index (κ1) is 32.8. The molecule has 1 aromatic heterocycles. The number of para-hydroxylation sites is 2. The quantitative estimate of drug-likeness (QED) is 0.0950. The van der Waals surface area contributed by atoms with Gasteiger partial charge in [-0.05, 0) is 72.9 Å². The number of hydrogen-bond donors (Lipinski definition) is 1. The number of aromatic nitrogens is 2. The predicted octanol–water partition coefficient (Wildman–Crippen LogP) is 7.27. The number of nitrogens with zero attached hydrogens (tertiary/aromatic N) is 4. The van der Waals surface area contributed by atoms with E-state index >= 15 is 0 Å². The lowest BCUT2D eigenvalue weighted by Crippen LogP contribution is -2.22. The maximum atomic E-state index is 13.9. The Bertz CT molecular complexity index is 2110. The predicted molar refractivity (Wildman–Crippen MR) is 183 cm³/mol. The summed E-state index contributed by atoms with van der Waals surface area (Å²) in [5, 5.41) is 19.6. The zero-order chi connectivity index (χ0) is 33.8. The number of hydrogen-bond acceptors (Lipinski definition) is 8. The van der Waals surface area contributed by atoms with Crippen molar-refractivity contribution >= 4 is 46.0 Å². The van der Waals surface area contributed by atoms with E-state index in [-0.39, 0.29) is 28.1 Å². The largest absolute Gasteiger partial charge is 0.496 e. The van der Waals surface area contributed by atoms with Gasteiger partial charge < -0.3 is 14.8 Å². The van der Waals surface area contributed by atoms with Crippen molar-refractivity contribution in [3.05, 3.63) is 121 Å². The number of fused-ring (bicyclic) bond motifs is 1. The van der Waals surface area contributed by atoms with Crippen LogP contribution in [0.4, 0.5) is 11.4 Å². The molecule has 0 saturated heterocycles. The fourth-order valence-corrected chi connectivity index (χ4v) is 5.34. The lowest BCUT2D eigenvalue weighted by atomic mass is 9.96. The van der Waals surface area contributed by atoms with Crippen molar-refractivity contribution in [2.45, 2.75) is 33.6 Å². The number of nitro benzene ring substituents is 1. The molecule has 240 valence electrons. The highest BCUT2D eigenvalue weighted by atomic mass is 35.5. The van der Waals surface area contributed by atoms with Crippen LogP contribution in [0.2, 0.25) is 5.02 Å². The Hall–Kier alpha value is -5.55. The molecule has 0 aliphatic carbocycles. The minimum atomic E-state index is -0.666. The third-order valence-electron chi connectivity index (χ3n) is 7.53. The summed E-state index contributed by atoms with van der Waals surface area (Å²) in [6.07, 6.45) is 1.23. The van der Waals surface area contributed by atoms with Crippen LogP contribution in [0, 0.1) is 24.0 Å². The first-order valence-electron chi connectivity index (χ1n) is 14.7. The Labute approximate surface area is 275 Å². The number of nitro groups is 1. The van der Waals surface area contributed by atoms with Crippen molar-refractivity contribution in [2.75, 3.05) is 19.0 Å². The number of anilines is 1. The Morgan fingerprint density at radius 3 is 2.51 bits per heavy atom. The average Bonchev–Trinajstić information content (AvgIpc) is 3.04. The van der Waals surface area contributed by atoms with Gasteiger partial charge in [0.05, 0.1) is 29.2 Å². The van der Waals surface area contributed by atoms with Gasteiger partial charge in [-0.3, -0.25) is 19.7 Å². The zero-order valence-electron chi connectivity index (χ0n) is 26.4. The van der Waals surface area contributed by atoms with Gasteiger partial charge in [0.25, 0.3) is 11.5 Å². The van der Waals surface area contributed by atoms with E-state index in [4.69, 9.17) is 26.1 Å². The first-order valence-corrected chi connectivity index (χ1v) is 15.1. The lowest BCUT2D eigenvalue weighted by molar-refractivity contribution is -0.385. The van der Waals surface area contributed by atoms with Crippen LogP contribution in [0.5, 0.6) is 11.5 Å². The maximum Gasteiger partial charge on any atom is 0.313 e. The highest BCUT2D eigenvalue weighted by Crippen LogP contribution is 2.35. The van der Waals surface area contributed by atoms with Crippen LogP contribution in [-0.2, 0) is 4.79 Å². The van der Waals surface area contributed by atoms with E-state index < -0.39 is 28.7 Å². The molecule has 4 aromatic carbocycles. The second kappa shape index (κ2) is 13.8. The second-order valence-electron chi connectivity index (χ2n) is 11.1. The van der Waals surface area contributed by atoms with Crippen LogP contribution < -0.4 is 20.3 Å². The van der Waals surface area contributed by atoms with Gasteiger partial charge in [-0.1, -0.05) is 55.8 Å². The molecule has 0 atom stereocenters. The van der Waals surface area contributed by atoms with Crippen LogP contribution in [0.25, 0.3) is 22.3 Å². The Morgan fingerprint density at radius 2 is 1.81 bits per heavy atom. The van der Waals surface area contributed by atoms with Gasteiger partial charge in [-0.2, -0.15) is 9.78 Å². The van der Waals surface area contributed by atoms with E-state index in [1.54, 1.807) is 43.5 Å². The van der Waals surface area contributed by atoms with Gasteiger partial charge in [0, 0.05) is 27.9 Å². The number of benzene rings is 4. The van der Waals surface area contributed by atoms with Crippen LogP contribution in [0.15, 0.2) is 82.7 Å². The number of carbonyl (C=O) groups is 1. The topological polar surface area (TPSA) is 138 Å². The monoisotopic (exact) mass is 653 g/mol. The van der Waals surface area contributed by atoms with Gasteiger partial charge in [0.2, 0.25) is 5.75 Å². The number of methoxy groups -OCH3 is 1. The number of halogens is 1. The second-order valence-corrected chi connectivity index (χ2v) is 11.6. The minimum absolute atomic E-state index is 0.0339. The molecule has 47 heavy (non-hydrogen) atoms. The van der Waals surface area contributed by atoms with E-state index in [0.29, 0.717) is 27.9 Å². The molecule has 5 rings (SSSR count). The highest BCUT2D eigenvalue weighted by molar-refractivity contribution is 6.31. The van der Waals surface area contributed by atoms with Gasteiger partial charge in [-0.25, -0.2) is 4.98 Å². The third kappa shape index (κ3) is 7.00. The summed E-state index contributed by atoms with van der Waals surface area (Å²) >= 11 is 6.27. The van der Waals surface area contributed by atoms with Crippen LogP contribution in [0.1, 0.15) is 42.0 Å². The molecule has 5 aromatic rings. The molecule has 0 spiro atoms. The van der Waals surface area contributed by atoms with Crippen molar-refractivity contribution in [2.24, 2.45) is 5.10 Å². The van der Waals surface area contributed by atoms with E-state index in [2.05, 4.69) is 10.4 Å². The summed E-state index contributed by atoms with van der Waals surface area (Å²) in [4.78, 5) is 42.9. The standard InChI is InChI=1S/C35H32ClN5O6/c1-20(2)26-17-27(22(4)14-31(26)46-5)34-39-29-13-9-7-11-25(29)35(43)40(34)37-18-23-15-24(36)16-30(41(44)45)33(23)47-19-32(42)38-28-12-8-6-10-21(28)3/h6-18,20H,19H2,1-5H3,(H,38,42). The normalized spacial score (nSPS) is 11.3. The molecule has 0 bridgehead atoms. The molecule has 11 nitrogen and oxygen atoms in total. The van der Waals surface area contributed by atoms with Crippen LogP contribution in [0.3, 0.4) is 0 Å². The van der Waals surface area contributed by atoms with Crippen LogP contribution >= 0.6 is 11.6 Å². The summed E-state index contributed by atoms with van der Waals surface area (Å²) in [6.45, 7) is 7.24. The number of amides is 1. The van der Waals surface area contributed by atoms with E-state index in [1.165, 1.54) is 12.3 Å². The molecule has 1 N–H and O–H groups in total. The van der Waals surface area contributed by atoms with Crippen molar-refractivity contribution in [3.8, 4) is 22.9 Å². The third-order valence-corrected chi connectivity index (χ3v) is 7.75. The van der Waals surface area contributed by atoms with Crippen molar-refractivity contribution in [1.82, 2.24) is 9.66 Å². The van der Waals surface area contributed by atoms with Gasteiger partial charge in [-0.15, -0.1) is 0 Å². The molecule has 12 heteroatoms. The Morgan fingerprint density at radius 1 is 1.09 bits per heavy atom.